The number of aliphatic carboxylic acids is 1. The third-order valence-corrected chi connectivity index (χ3v) is 6.07. The molecule has 9 heteroatoms. The molecule has 0 aromatic heterocycles. The minimum Gasteiger partial charge on any atom is -0.480 e. The number of carboxylic acid groups (broad SMARTS) is 1. The normalized spacial score (nSPS) is 20.2. The smallest absolute Gasteiger partial charge is 0.322 e. The van der Waals surface area contributed by atoms with Crippen LogP contribution in [0.4, 0.5) is 0 Å². The SMILES string of the molecule is O=C(O)C1CCCN1S(=O)(=O)c1c(Cl)cc(Cl)cc1Cl. The minimum atomic E-state index is -4.08. The molecule has 0 bridgehead atoms. The molecule has 1 aliphatic rings. The summed E-state index contributed by atoms with van der Waals surface area (Å²) in [6, 6.07) is 1.42. The van der Waals surface area contributed by atoms with Gasteiger partial charge in [-0.1, -0.05) is 34.8 Å². The van der Waals surface area contributed by atoms with Gasteiger partial charge >= 0.3 is 5.97 Å². The Morgan fingerprint density at radius 3 is 2.30 bits per heavy atom. The first-order valence-electron chi connectivity index (χ1n) is 5.64. The number of nitrogens with zero attached hydrogens (tertiary/aromatic N) is 1. The summed E-state index contributed by atoms with van der Waals surface area (Å²) < 4.78 is 26.0. The van der Waals surface area contributed by atoms with Crippen molar-refractivity contribution in [2.45, 2.75) is 23.8 Å². The predicted molar refractivity (Wildman–Crippen MR) is 76.0 cm³/mol. The average Bonchev–Trinajstić information content (AvgIpc) is 2.75. The first-order valence-corrected chi connectivity index (χ1v) is 8.21. The van der Waals surface area contributed by atoms with Gasteiger partial charge in [0.05, 0.1) is 10.0 Å². The van der Waals surface area contributed by atoms with Crippen molar-refractivity contribution in [2.24, 2.45) is 0 Å². The average molecular weight is 359 g/mol. The standard InChI is InChI=1S/C11H10Cl3NO4S/c12-6-4-7(13)10(8(14)5-6)20(18,19)15-3-1-2-9(15)11(16)17/h4-5,9H,1-3H2,(H,16,17). The molecule has 1 atom stereocenters. The molecule has 1 saturated heterocycles. The second-order valence-corrected chi connectivity index (χ2v) is 7.39. The first-order chi connectivity index (χ1) is 9.25. The lowest BCUT2D eigenvalue weighted by Crippen LogP contribution is -2.40. The van der Waals surface area contributed by atoms with Crippen LogP contribution in [0.25, 0.3) is 0 Å². The maximum Gasteiger partial charge on any atom is 0.322 e. The predicted octanol–water partition coefficient (Wildman–Crippen LogP) is 2.88. The van der Waals surface area contributed by atoms with Gasteiger partial charge < -0.3 is 5.11 Å². The summed E-state index contributed by atoms with van der Waals surface area (Å²) in [4.78, 5) is 10.8. The van der Waals surface area contributed by atoms with E-state index in [4.69, 9.17) is 39.9 Å². The summed E-state index contributed by atoms with van der Waals surface area (Å²) in [5.41, 5.74) is 0. The van der Waals surface area contributed by atoms with Gasteiger partial charge in [0.15, 0.2) is 0 Å². The number of carboxylic acids is 1. The van der Waals surface area contributed by atoms with E-state index in [2.05, 4.69) is 0 Å². The third-order valence-electron chi connectivity index (χ3n) is 3.02. The van der Waals surface area contributed by atoms with Crippen LogP contribution in [-0.2, 0) is 14.8 Å². The van der Waals surface area contributed by atoms with E-state index in [1.54, 1.807) is 0 Å². The minimum absolute atomic E-state index is 0.120. The summed E-state index contributed by atoms with van der Waals surface area (Å²) in [5.74, 6) is -1.19. The van der Waals surface area contributed by atoms with Crippen molar-refractivity contribution in [1.82, 2.24) is 4.31 Å². The number of carbonyl (C=O) groups is 1. The molecule has 1 aliphatic heterocycles. The summed E-state index contributed by atoms with van der Waals surface area (Å²) in [6.07, 6.45) is 0.733. The number of hydrogen-bond acceptors (Lipinski definition) is 3. The quantitative estimate of drug-likeness (QED) is 0.901. The number of sulfonamides is 1. The molecule has 0 aliphatic carbocycles. The van der Waals surface area contributed by atoms with Crippen LogP contribution in [-0.4, -0.2) is 36.4 Å². The lowest BCUT2D eigenvalue weighted by molar-refractivity contribution is -0.140. The van der Waals surface area contributed by atoms with E-state index >= 15 is 0 Å². The Balaban J connectivity index is 2.54. The Bertz CT molecular complexity index is 639. The fourth-order valence-electron chi connectivity index (χ4n) is 2.17. The molecule has 0 saturated carbocycles. The van der Waals surface area contributed by atoms with Crippen molar-refractivity contribution in [3.05, 3.63) is 27.2 Å². The zero-order valence-electron chi connectivity index (χ0n) is 10.0. The van der Waals surface area contributed by atoms with Gasteiger partial charge in [0.25, 0.3) is 0 Å². The van der Waals surface area contributed by atoms with Gasteiger partial charge in [-0.25, -0.2) is 8.42 Å². The summed E-state index contributed by atoms with van der Waals surface area (Å²) in [6.45, 7) is 0.120. The van der Waals surface area contributed by atoms with Gasteiger partial charge in [-0.15, -0.1) is 0 Å². The molecular weight excluding hydrogens is 349 g/mol. The van der Waals surface area contributed by atoms with Crippen LogP contribution in [0.15, 0.2) is 17.0 Å². The van der Waals surface area contributed by atoms with Crippen LogP contribution >= 0.6 is 34.8 Å². The zero-order chi connectivity index (χ0) is 15.1. The molecule has 0 radical (unpaired) electrons. The Morgan fingerprint density at radius 2 is 1.80 bits per heavy atom. The third kappa shape index (κ3) is 2.76. The molecule has 0 amide bonds. The van der Waals surface area contributed by atoms with Crippen LogP contribution < -0.4 is 0 Å². The van der Waals surface area contributed by atoms with Gasteiger partial charge in [0.1, 0.15) is 10.9 Å². The van der Waals surface area contributed by atoms with E-state index in [1.807, 2.05) is 0 Å². The maximum atomic E-state index is 12.6. The number of benzene rings is 1. The molecule has 1 aromatic rings. The van der Waals surface area contributed by atoms with Crippen LogP contribution in [0.1, 0.15) is 12.8 Å². The highest BCUT2D eigenvalue weighted by molar-refractivity contribution is 7.89. The van der Waals surface area contributed by atoms with Gasteiger partial charge in [-0.2, -0.15) is 4.31 Å². The first kappa shape index (κ1) is 15.9. The van der Waals surface area contributed by atoms with Crippen LogP contribution in [0.5, 0.6) is 0 Å². The highest BCUT2D eigenvalue weighted by Crippen LogP contribution is 2.36. The van der Waals surface area contributed by atoms with E-state index < -0.39 is 22.0 Å². The molecule has 1 N–H and O–H groups in total. The van der Waals surface area contributed by atoms with Crippen LogP contribution in [0.3, 0.4) is 0 Å². The van der Waals surface area contributed by atoms with Crippen molar-refractivity contribution >= 4 is 50.8 Å². The summed E-state index contributed by atoms with van der Waals surface area (Å²) in [7, 11) is -4.08. The van der Waals surface area contributed by atoms with E-state index in [-0.39, 0.29) is 32.9 Å². The number of halogens is 3. The van der Waals surface area contributed by atoms with E-state index in [9.17, 15) is 13.2 Å². The highest BCUT2D eigenvalue weighted by Gasteiger charge is 2.41. The largest absolute Gasteiger partial charge is 0.480 e. The maximum absolute atomic E-state index is 12.6. The molecule has 5 nitrogen and oxygen atoms in total. The van der Waals surface area contributed by atoms with Crippen molar-refractivity contribution in [2.75, 3.05) is 6.54 Å². The molecule has 2 rings (SSSR count). The van der Waals surface area contributed by atoms with Crippen LogP contribution in [0.2, 0.25) is 15.1 Å². The molecule has 1 aromatic carbocycles. The van der Waals surface area contributed by atoms with Gasteiger partial charge in [0.2, 0.25) is 10.0 Å². The molecule has 20 heavy (non-hydrogen) atoms. The van der Waals surface area contributed by atoms with Crippen LogP contribution in [0, 0.1) is 0 Å². The fraction of sp³-hybridized carbons (Fsp3) is 0.364. The summed E-state index contributed by atoms with van der Waals surface area (Å²) in [5, 5.41) is 9.03. The van der Waals surface area contributed by atoms with Gasteiger partial charge in [-0.05, 0) is 25.0 Å². The number of hydrogen-bond donors (Lipinski definition) is 1. The second-order valence-electron chi connectivity index (χ2n) is 4.31. The lowest BCUT2D eigenvalue weighted by atomic mass is 10.2. The molecule has 1 unspecified atom stereocenters. The van der Waals surface area contributed by atoms with E-state index in [0.29, 0.717) is 6.42 Å². The Kier molecular flexibility index (Phi) is 4.51. The highest BCUT2D eigenvalue weighted by atomic mass is 35.5. The van der Waals surface area contributed by atoms with E-state index in [1.165, 1.54) is 12.1 Å². The van der Waals surface area contributed by atoms with Crippen molar-refractivity contribution in [3.63, 3.8) is 0 Å². The Morgan fingerprint density at radius 1 is 1.25 bits per heavy atom. The monoisotopic (exact) mass is 357 g/mol. The fourth-order valence-corrected chi connectivity index (χ4v) is 5.31. The zero-order valence-corrected chi connectivity index (χ0v) is 13.1. The Labute approximate surface area is 131 Å². The molecule has 1 heterocycles. The van der Waals surface area contributed by atoms with E-state index in [0.717, 1.165) is 4.31 Å². The topological polar surface area (TPSA) is 74.7 Å². The van der Waals surface area contributed by atoms with Crippen molar-refractivity contribution < 1.29 is 18.3 Å². The molecule has 1 fully saturated rings. The summed E-state index contributed by atoms with van der Waals surface area (Å²) >= 11 is 17.5. The van der Waals surface area contributed by atoms with Gasteiger partial charge in [0, 0.05) is 11.6 Å². The molecule has 0 spiro atoms. The second kappa shape index (κ2) is 5.69. The molecule has 110 valence electrons. The van der Waals surface area contributed by atoms with Crippen molar-refractivity contribution in [1.29, 1.82) is 0 Å². The molecular formula is C11H10Cl3NO4S. The van der Waals surface area contributed by atoms with Gasteiger partial charge in [-0.3, -0.25) is 4.79 Å². The lowest BCUT2D eigenvalue weighted by Gasteiger charge is -2.22. The number of rotatable bonds is 3. The Hall–Kier alpha value is -0.530. The van der Waals surface area contributed by atoms with Crippen molar-refractivity contribution in [3.8, 4) is 0 Å².